The summed E-state index contributed by atoms with van der Waals surface area (Å²) in [4.78, 5) is 12.5. The van der Waals surface area contributed by atoms with Gasteiger partial charge in [0, 0.05) is 6.08 Å². The molecule has 1 aromatic carbocycles. The number of carbonyl (C=O) groups excluding carboxylic acids is 1. The van der Waals surface area contributed by atoms with Gasteiger partial charge in [-0.15, -0.1) is 0 Å². The second-order valence-corrected chi connectivity index (χ2v) is 6.21. The van der Waals surface area contributed by atoms with E-state index in [0.717, 1.165) is 4.31 Å². The Morgan fingerprint density at radius 2 is 2.11 bits per heavy atom. The van der Waals surface area contributed by atoms with Gasteiger partial charge in [-0.25, -0.2) is 4.31 Å². The second kappa shape index (κ2) is 4.70. The lowest BCUT2D eigenvalue weighted by Crippen LogP contribution is -2.36. The maximum Gasteiger partial charge on any atom is 0.274 e. The van der Waals surface area contributed by atoms with Crippen molar-refractivity contribution in [2.45, 2.75) is 24.8 Å². The minimum absolute atomic E-state index is 0.247. The molecule has 1 amide bonds. The number of benzene rings is 1. The van der Waals surface area contributed by atoms with Gasteiger partial charge >= 0.3 is 0 Å². The van der Waals surface area contributed by atoms with E-state index in [1.807, 2.05) is 6.07 Å². The Balaban J connectivity index is 2.49. The average Bonchev–Trinajstić information content (AvgIpc) is 2.57. The predicted octanol–water partition coefficient (Wildman–Crippen LogP) is 3.03. The van der Waals surface area contributed by atoms with Crippen LogP contribution in [0.15, 0.2) is 40.8 Å². The Morgan fingerprint density at radius 3 is 2.68 bits per heavy atom. The van der Waals surface area contributed by atoms with Crippen LogP contribution in [0.3, 0.4) is 0 Å². The monoisotopic (exact) mass is 278 g/mol. The van der Waals surface area contributed by atoms with Gasteiger partial charge in [-0.1, -0.05) is 22.9 Å². The summed E-state index contributed by atoms with van der Waals surface area (Å²) in [6.07, 6.45) is 1.30. The van der Waals surface area contributed by atoms with Crippen LogP contribution in [-0.4, -0.2) is 25.4 Å². The van der Waals surface area contributed by atoms with Gasteiger partial charge in [-0.05, 0) is 31.6 Å². The van der Waals surface area contributed by atoms with Gasteiger partial charge < -0.3 is 0 Å². The standard InChI is InChI=1S/C13H14N2O3S/c1-9(7-8-14)10(2)15-13(16)11-5-3-4-6-12(11)19(15,17)18/h3-7,10,17-18H,1-2H3/b9-7+. The normalized spacial score (nSPS) is 20.7. The van der Waals surface area contributed by atoms with Crippen LogP contribution in [0.4, 0.5) is 0 Å². The summed E-state index contributed by atoms with van der Waals surface area (Å²) in [7, 11) is -3.32. The number of amides is 1. The van der Waals surface area contributed by atoms with E-state index in [9.17, 15) is 13.9 Å². The highest BCUT2D eigenvalue weighted by molar-refractivity contribution is 8.23. The average molecular weight is 278 g/mol. The quantitative estimate of drug-likeness (QED) is 0.814. The summed E-state index contributed by atoms with van der Waals surface area (Å²) >= 11 is 0. The molecule has 6 heteroatoms. The molecule has 1 unspecified atom stereocenters. The summed E-state index contributed by atoms with van der Waals surface area (Å²) in [6, 6.07) is 7.78. The van der Waals surface area contributed by atoms with Crippen LogP contribution in [0, 0.1) is 11.3 Å². The van der Waals surface area contributed by atoms with Crippen molar-refractivity contribution in [2.75, 3.05) is 0 Å². The summed E-state index contributed by atoms with van der Waals surface area (Å²) in [5.74, 6) is -0.422. The van der Waals surface area contributed by atoms with E-state index in [1.165, 1.54) is 6.08 Å². The lowest BCUT2D eigenvalue weighted by Gasteiger charge is -2.40. The fourth-order valence-corrected chi connectivity index (χ4v) is 3.89. The molecule has 2 rings (SSSR count). The molecule has 1 aliphatic heterocycles. The highest BCUT2D eigenvalue weighted by Crippen LogP contribution is 2.59. The third-order valence-corrected chi connectivity index (χ3v) is 5.17. The molecule has 100 valence electrons. The van der Waals surface area contributed by atoms with E-state index in [2.05, 4.69) is 0 Å². The van der Waals surface area contributed by atoms with E-state index in [0.29, 0.717) is 11.1 Å². The van der Waals surface area contributed by atoms with E-state index in [1.54, 1.807) is 38.1 Å². The third kappa shape index (κ3) is 2.02. The van der Waals surface area contributed by atoms with Crippen molar-refractivity contribution in [1.29, 1.82) is 5.26 Å². The summed E-state index contributed by atoms with van der Waals surface area (Å²) in [5, 5.41) is 8.65. The van der Waals surface area contributed by atoms with Crippen LogP contribution in [0.25, 0.3) is 0 Å². The van der Waals surface area contributed by atoms with Crippen LogP contribution >= 0.6 is 10.8 Å². The number of rotatable bonds is 2. The number of allylic oxidation sites excluding steroid dienone is 1. The summed E-state index contributed by atoms with van der Waals surface area (Å²) in [6.45, 7) is 3.35. The predicted molar refractivity (Wildman–Crippen MR) is 72.6 cm³/mol. The molecular weight excluding hydrogens is 264 g/mol. The zero-order valence-corrected chi connectivity index (χ0v) is 11.4. The first kappa shape index (κ1) is 13.6. The second-order valence-electron chi connectivity index (χ2n) is 4.34. The number of nitriles is 1. The highest BCUT2D eigenvalue weighted by atomic mass is 32.3. The summed E-state index contributed by atoms with van der Waals surface area (Å²) in [5.41, 5.74) is 0.905. The van der Waals surface area contributed by atoms with Gasteiger partial charge in [-0.3, -0.25) is 13.9 Å². The molecule has 1 aliphatic rings. The Labute approximate surface area is 113 Å². The van der Waals surface area contributed by atoms with Crippen LogP contribution in [0.2, 0.25) is 0 Å². The first-order chi connectivity index (χ1) is 8.91. The molecule has 0 radical (unpaired) electrons. The van der Waals surface area contributed by atoms with Crippen LogP contribution < -0.4 is 0 Å². The van der Waals surface area contributed by atoms with E-state index < -0.39 is 22.7 Å². The molecule has 0 bridgehead atoms. The minimum Gasteiger partial charge on any atom is -0.277 e. The summed E-state index contributed by atoms with van der Waals surface area (Å²) < 4.78 is 21.7. The smallest absolute Gasteiger partial charge is 0.274 e. The van der Waals surface area contributed by atoms with Crippen molar-refractivity contribution in [2.24, 2.45) is 0 Å². The molecule has 1 atom stereocenters. The van der Waals surface area contributed by atoms with Crippen molar-refractivity contribution >= 4 is 16.7 Å². The van der Waals surface area contributed by atoms with E-state index in [-0.39, 0.29) is 4.90 Å². The Hall–Kier alpha value is -1.81. The zero-order chi connectivity index (χ0) is 14.2. The van der Waals surface area contributed by atoms with Crippen LogP contribution in [0.1, 0.15) is 24.2 Å². The van der Waals surface area contributed by atoms with Gasteiger partial charge in [-0.2, -0.15) is 5.26 Å². The molecule has 0 saturated heterocycles. The number of carbonyl (C=O) groups is 1. The van der Waals surface area contributed by atoms with Gasteiger partial charge in [0.25, 0.3) is 5.91 Å². The molecule has 1 heterocycles. The maximum atomic E-state index is 12.3. The van der Waals surface area contributed by atoms with Crippen molar-refractivity contribution in [3.05, 3.63) is 41.5 Å². The molecule has 1 aromatic rings. The highest BCUT2D eigenvalue weighted by Gasteiger charge is 2.44. The number of hydrogen-bond acceptors (Lipinski definition) is 4. The van der Waals surface area contributed by atoms with Crippen molar-refractivity contribution in [3.63, 3.8) is 0 Å². The van der Waals surface area contributed by atoms with Gasteiger partial charge in [0.15, 0.2) is 0 Å². The molecule has 0 aromatic heterocycles. The van der Waals surface area contributed by atoms with Crippen molar-refractivity contribution in [3.8, 4) is 6.07 Å². The number of hydrogen-bond donors (Lipinski definition) is 2. The van der Waals surface area contributed by atoms with Gasteiger partial charge in [0.05, 0.1) is 22.6 Å². The molecule has 0 fully saturated rings. The molecule has 5 nitrogen and oxygen atoms in total. The molecule has 2 N–H and O–H groups in total. The fourth-order valence-electron chi connectivity index (χ4n) is 2.03. The minimum atomic E-state index is -3.32. The lowest BCUT2D eigenvalue weighted by molar-refractivity contribution is 0.0842. The molecular formula is C13H14N2O3S. The van der Waals surface area contributed by atoms with Crippen LogP contribution in [-0.2, 0) is 0 Å². The first-order valence-corrected chi connectivity index (χ1v) is 7.19. The molecule has 0 spiro atoms. The van der Waals surface area contributed by atoms with E-state index in [4.69, 9.17) is 5.26 Å². The molecule has 19 heavy (non-hydrogen) atoms. The van der Waals surface area contributed by atoms with Gasteiger partial charge in [0.2, 0.25) is 0 Å². The lowest BCUT2D eigenvalue weighted by atomic mass is 10.1. The largest absolute Gasteiger partial charge is 0.277 e. The van der Waals surface area contributed by atoms with Crippen LogP contribution in [0.5, 0.6) is 0 Å². The number of fused-ring (bicyclic) bond motifs is 1. The Kier molecular flexibility index (Phi) is 3.37. The van der Waals surface area contributed by atoms with E-state index >= 15 is 0 Å². The maximum absolute atomic E-state index is 12.3. The first-order valence-electron chi connectivity index (χ1n) is 5.68. The van der Waals surface area contributed by atoms with Crippen molar-refractivity contribution in [1.82, 2.24) is 4.31 Å². The fraction of sp³-hybridized carbons (Fsp3) is 0.231. The molecule has 0 saturated carbocycles. The Morgan fingerprint density at radius 1 is 1.47 bits per heavy atom. The Bertz CT molecular complexity index is 604. The van der Waals surface area contributed by atoms with Crippen molar-refractivity contribution < 1.29 is 13.9 Å². The molecule has 0 aliphatic carbocycles. The topological polar surface area (TPSA) is 84.6 Å². The third-order valence-electron chi connectivity index (χ3n) is 3.19. The zero-order valence-electron chi connectivity index (χ0n) is 10.6. The number of nitrogens with zero attached hydrogens (tertiary/aromatic N) is 2. The van der Waals surface area contributed by atoms with Gasteiger partial charge in [0.1, 0.15) is 0 Å². The SMILES string of the molecule is C/C(=C\C#N)C(C)N1C(=O)c2ccccc2S1(O)O.